The molecule has 2 aromatic carbocycles. The molecule has 0 radical (unpaired) electrons. The topological polar surface area (TPSA) is 95.5 Å². The molecule has 3 N–H and O–H groups in total. The van der Waals surface area contributed by atoms with E-state index in [2.05, 4.69) is 10.6 Å². The zero-order valence-electron chi connectivity index (χ0n) is 14.9. The largest absolute Gasteiger partial charge is 0.478 e. The lowest BCUT2D eigenvalue weighted by atomic mass is 9.88. The van der Waals surface area contributed by atoms with Gasteiger partial charge in [-0.05, 0) is 37.1 Å². The smallest absolute Gasteiger partial charge is 0.337 e. The summed E-state index contributed by atoms with van der Waals surface area (Å²) < 4.78 is 0. The molecule has 6 heteroatoms. The first-order valence-electron chi connectivity index (χ1n) is 9.10. The van der Waals surface area contributed by atoms with Crippen molar-refractivity contribution in [3.8, 4) is 0 Å². The van der Waals surface area contributed by atoms with Crippen LogP contribution in [0.15, 0.2) is 48.5 Å². The highest BCUT2D eigenvalue weighted by atomic mass is 16.4. The normalized spacial score (nSPS) is 14.4. The van der Waals surface area contributed by atoms with Crippen molar-refractivity contribution >= 4 is 29.2 Å². The molecule has 0 bridgehead atoms. The Morgan fingerprint density at radius 2 is 1.33 bits per heavy atom. The third kappa shape index (κ3) is 4.53. The van der Waals surface area contributed by atoms with Crippen LogP contribution in [-0.4, -0.2) is 22.9 Å². The number of benzene rings is 2. The summed E-state index contributed by atoms with van der Waals surface area (Å²) in [5, 5.41) is 14.8. The van der Waals surface area contributed by atoms with Crippen LogP contribution in [-0.2, 0) is 4.79 Å². The van der Waals surface area contributed by atoms with E-state index in [0.717, 1.165) is 32.1 Å². The molecule has 2 aromatic rings. The van der Waals surface area contributed by atoms with Crippen LogP contribution < -0.4 is 10.6 Å². The molecular weight excluding hydrogens is 344 g/mol. The van der Waals surface area contributed by atoms with Gasteiger partial charge in [-0.25, -0.2) is 4.79 Å². The Morgan fingerprint density at radius 1 is 0.778 bits per heavy atom. The molecule has 6 nitrogen and oxygen atoms in total. The van der Waals surface area contributed by atoms with Crippen LogP contribution in [0.25, 0.3) is 0 Å². The van der Waals surface area contributed by atoms with Crippen LogP contribution in [0.3, 0.4) is 0 Å². The predicted molar refractivity (Wildman–Crippen MR) is 103 cm³/mol. The number of amides is 2. The summed E-state index contributed by atoms with van der Waals surface area (Å²) in [5.74, 6) is -1.68. The van der Waals surface area contributed by atoms with Crippen molar-refractivity contribution in [1.82, 2.24) is 0 Å². The second kappa shape index (κ2) is 8.49. The fraction of sp³-hybridized carbons (Fsp3) is 0.286. The van der Waals surface area contributed by atoms with Gasteiger partial charge in [0, 0.05) is 5.92 Å². The van der Waals surface area contributed by atoms with E-state index in [9.17, 15) is 19.5 Å². The van der Waals surface area contributed by atoms with Gasteiger partial charge in [-0.1, -0.05) is 43.5 Å². The lowest BCUT2D eigenvalue weighted by Gasteiger charge is -2.21. The standard InChI is InChI=1S/C21H22N2O4/c24-19(14-8-2-1-3-9-14)22-17-12-6-4-10-15(17)20(25)23-18-13-7-5-11-16(18)21(26)27/h4-7,10-14H,1-3,8-9H2,(H,22,24)(H,23,25)(H,26,27). The van der Waals surface area contributed by atoms with Gasteiger partial charge in [-0.15, -0.1) is 0 Å². The Kier molecular flexibility index (Phi) is 5.86. The van der Waals surface area contributed by atoms with Gasteiger partial charge < -0.3 is 15.7 Å². The molecule has 3 rings (SSSR count). The van der Waals surface area contributed by atoms with Crippen LogP contribution >= 0.6 is 0 Å². The molecule has 1 aliphatic rings. The van der Waals surface area contributed by atoms with Crippen LogP contribution in [0.5, 0.6) is 0 Å². The fourth-order valence-corrected chi connectivity index (χ4v) is 3.36. The number of carbonyl (C=O) groups is 3. The van der Waals surface area contributed by atoms with Crippen LogP contribution in [0.1, 0.15) is 52.8 Å². The highest BCUT2D eigenvalue weighted by molar-refractivity contribution is 6.12. The molecule has 1 fully saturated rings. The average Bonchev–Trinajstić information content (AvgIpc) is 2.69. The first-order valence-corrected chi connectivity index (χ1v) is 9.10. The maximum Gasteiger partial charge on any atom is 0.337 e. The Morgan fingerprint density at radius 3 is 1.96 bits per heavy atom. The minimum absolute atomic E-state index is 0.00886. The third-order valence-corrected chi connectivity index (χ3v) is 4.81. The number of nitrogens with one attached hydrogen (secondary N) is 2. The fourth-order valence-electron chi connectivity index (χ4n) is 3.36. The monoisotopic (exact) mass is 366 g/mol. The molecule has 0 heterocycles. The van der Waals surface area contributed by atoms with E-state index in [4.69, 9.17) is 0 Å². The summed E-state index contributed by atoms with van der Waals surface area (Å²) >= 11 is 0. The van der Waals surface area contributed by atoms with Gasteiger partial charge in [0.2, 0.25) is 5.91 Å². The van der Waals surface area contributed by atoms with E-state index in [-0.39, 0.29) is 23.1 Å². The van der Waals surface area contributed by atoms with Crippen molar-refractivity contribution in [2.45, 2.75) is 32.1 Å². The molecule has 0 saturated heterocycles. The van der Waals surface area contributed by atoms with Gasteiger partial charge in [0.25, 0.3) is 5.91 Å². The number of hydrogen-bond acceptors (Lipinski definition) is 3. The van der Waals surface area contributed by atoms with E-state index < -0.39 is 11.9 Å². The number of aromatic carboxylic acids is 1. The van der Waals surface area contributed by atoms with Gasteiger partial charge in [0.1, 0.15) is 0 Å². The Labute approximate surface area is 157 Å². The van der Waals surface area contributed by atoms with Crippen molar-refractivity contribution in [3.05, 3.63) is 59.7 Å². The first-order chi connectivity index (χ1) is 13.1. The second-order valence-corrected chi connectivity index (χ2v) is 6.67. The molecule has 2 amide bonds. The molecule has 1 saturated carbocycles. The number of carboxylic acid groups (broad SMARTS) is 1. The minimum atomic E-state index is -1.12. The van der Waals surface area contributed by atoms with Crippen molar-refractivity contribution in [1.29, 1.82) is 0 Å². The summed E-state index contributed by atoms with van der Waals surface area (Å²) in [5.41, 5.74) is 0.943. The Hall–Kier alpha value is -3.15. The van der Waals surface area contributed by atoms with E-state index in [0.29, 0.717) is 11.3 Å². The van der Waals surface area contributed by atoms with Gasteiger partial charge in [-0.3, -0.25) is 9.59 Å². The SMILES string of the molecule is O=C(O)c1ccccc1NC(=O)c1ccccc1NC(=O)C1CCCCC1. The van der Waals surface area contributed by atoms with Gasteiger partial charge in [0.05, 0.1) is 22.5 Å². The molecule has 0 aliphatic heterocycles. The van der Waals surface area contributed by atoms with E-state index in [1.807, 2.05) is 0 Å². The van der Waals surface area contributed by atoms with Gasteiger partial charge in [0.15, 0.2) is 0 Å². The summed E-state index contributed by atoms with van der Waals surface area (Å²) in [4.78, 5) is 36.6. The Balaban J connectivity index is 1.78. The number of para-hydroxylation sites is 2. The summed E-state index contributed by atoms with van der Waals surface area (Å²) in [7, 11) is 0. The molecule has 0 spiro atoms. The number of hydrogen-bond donors (Lipinski definition) is 3. The lowest BCUT2D eigenvalue weighted by Crippen LogP contribution is -2.26. The molecule has 1 aliphatic carbocycles. The van der Waals surface area contributed by atoms with Crippen molar-refractivity contribution in [2.75, 3.05) is 10.6 Å². The number of carboxylic acids is 1. The Bertz CT molecular complexity index is 857. The maximum absolute atomic E-state index is 12.7. The van der Waals surface area contributed by atoms with Gasteiger partial charge in [-0.2, -0.15) is 0 Å². The van der Waals surface area contributed by atoms with Crippen LogP contribution in [0, 0.1) is 5.92 Å². The second-order valence-electron chi connectivity index (χ2n) is 6.67. The number of carbonyl (C=O) groups excluding carboxylic acids is 2. The molecule has 27 heavy (non-hydrogen) atoms. The molecule has 0 atom stereocenters. The third-order valence-electron chi connectivity index (χ3n) is 4.81. The number of rotatable bonds is 5. The highest BCUT2D eigenvalue weighted by Crippen LogP contribution is 2.26. The molecule has 140 valence electrons. The predicted octanol–water partition coefficient (Wildman–Crippen LogP) is 4.16. The van der Waals surface area contributed by atoms with E-state index in [1.165, 1.54) is 12.1 Å². The zero-order valence-corrected chi connectivity index (χ0v) is 14.9. The first kappa shape index (κ1) is 18.6. The van der Waals surface area contributed by atoms with Crippen molar-refractivity contribution < 1.29 is 19.5 Å². The molecular formula is C21H22N2O4. The van der Waals surface area contributed by atoms with Crippen LogP contribution in [0.2, 0.25) is 0 Å². The van der Waals surface area contributed by atoms with E-state index >= 15 is 0 Å². The van der Waals surface area contributed by atoms with E-state index in [1.54, 1.807) is 36.4 Å². The van der Waals surface area contributed by atoms with Crippen LogP contribution in [0.4, 0.5) is 11.4 Å². The average molecular weight is 366 g/mol. The lowest BCUT2D eigenvalue weighted by molar-refractivity contribution is -0.120. The van der Waals surface area contributed by atoms with Crippen molar-refractivity contribution in [3.63, 3.8) is 0 Å². The highest BCUT2D eigenvalue weighted by Gasteiger charge is 2.23. The maximum atomic E-state index is 12.7. The summed E-state index contributed by atoms with van der Waals surface area (Å²) in [6.45, 7) is 0. The molecule has 0 unspecified atom stereocenters. The zero-order chi connectivity index (χ0) is 19.2. The van der Waals surface area contributed by atoms with Gasteiger partial charge >= 0.3 is 5.97 Å². The summed E-state index contributed by atoms with van der Waals surface area (Å²) in [6.07, 6.45) is 4.99. The molecule has 0 aromatic heterocycles. The van der Waals surface area contributed by atoms with Crippen molar-refractivity contribution in [2.24, 2.45) is 5.92 Å². The summed E-state index contributed by atoms with van der Waals surface area (Å²) in [6, 6.07) is 12.9. The number of anilines is 2. The quantitative estimate of drug-likeness (QED) is 0.740. The minimum Gasteiger partial charge on any atom is -0.478 e.